The Morgan fingerprint density at radius 1 is 1.22 bits per heavy atom. The maximum absolute atomic E-state index is 4.86. The first-order chi connectivity index (χ1) is 8.81. The van der Waals surface area contributed by atoms with Crippen LogP contribution in [0.3, 0.4) is 0 Å². The van der Waals surface area contributed by atoms with Gasteiger partial charge >= 0.3 is 0 Å². The minimum Gasteiger partial charge on any atom is -0.373 e. The van der Waals surface area contributed by atoms with Gasteiger partial charge in [0.1, 0.15) is 11.6 Å². The lowest BCUT2D eigenvalue weighted by molar-refractivity contribution is 0.516. The van der Waals surface area contributed by atoms with Crippen LogP contribution in [0.1, 0.15) is 62.0 Å². The Hall–Kier alpha value is -1.12. The van der Waals surface area contributed by atoms with Gasteiger partial charge in [-0.3, -0.25) is 0 Å². The van der Waals surface area contributed by atoms with E-state index < -0.39 is 0 Å². The minimum atomic E-state index is 0.605. The number of fused-ring (bicyclic) bond motifs is 1. The van der Waals surface area contributed by atoms with Gasteiger partial charge in [-0.25, -0.2) is 9.97 Å². The van der Waals surface area contributed by atoms with Crippen molar-refractivity contribution in [3.05, 3.63) is 17.1 Å². The third kappa shape index (κ3) is 2.00. The summed E-state index contributed by atoms with van der Waals surface area (Å²) in [6.45, 7) is 2.30. The molecule has 0 bridgehead atoms. The molecule has 2 atom stereocenters. The molecule has 1 aromatic heterocycles. The quantitative estimate of drug-likeness (QED) is 0.888. The molecule has 1 fully saturated rings. The summed E-state index contributed by atoms with van der Waals surface area (Å²) in [5.74, 6) is 3.70. The summed E-state index contributed by atoms with van der Waals surface area (Å²) < 4.78 is 0. The molecule has 2 aliphatic carbocycles. The largest absolute Gasteiger partial charge is 0.373 e. The molecule has 1 saturated carbocycles. The Morgan fingerprint density at radius 2 is 2.11 bits per heavy atom. The summed E-state index contributed by atoms with van der Waals surface area (Å²) in [6, 6.07) is 0. The third-order valence-corrected chi connectivity index (χ3v) is 4.67. The second-order valence-electron chi connectivity index (χ2n) is 5.74. The molecule has 0 radical (unpaired) electrons. The molecule has 1 heterocycles. The molecule has 0 saturated heterocycles. The topological polar surface area (TPSA) is 37.8 Å². The summed E-state index contributed by atoms with van der Waals surface area (Å²) in [4.78, 5) is 9.65. The van der Waals surface area contributed by atoms with Crippen LogP contribution in [-0.4, -0.2) is 17.0 Å². The zero-order valence-electron chi connectivity index (χ0n) is 11.5. The second-order valence-corrected chi connectivity index (χ2v) is 5.74. The number of nitrogens with zero attached hydrogens (tertiary/aromatic N) is 2. The van der Waals surface area contributed by atoms with Crippen molar-refractivity contribution < 1.29 is 0 Å². The molecule has 0 aliphatic heterocycles. The first-order valence-electron chi connectivity index (χ1n) is 7.39. The van der Waals surface area contributed by atoms with Gasteiger partial charge < -0.3 is 5.32 Å². The van der Waals surface area contributed by atoms with Gasteiger partial charge in [0.05, 0.1) is 0 Å². The van der Waals surface area contributed by atoms with Crippen LogP contribution in [-0.2, 0) is 12.8 Å². The molecule has 0 aromatic carbocycles. The lowest BCUT2D eigenvalue weighted by Gasteiger charge is -2.13. The van der Waals surface area contributed by atoms with Crippen LogP contribution >= 0.6 is 0 Å². The van der Waals surface area contributed by atoms with E-state index in [1.165, 1.54) is 43.4 Å². The lowest BCUT2D eigenvalue weighted by atomic mass is 10.0. The molecule has 18 heavy (non-hydrogen) atoms. The van der Waals surface area contributed by atoms with Crippen LogP contribution < -0.4 is 5.32 Å². The molecule has 3 rings (SSSR count). The summed E-state index contributed by atoms with van der Waals surface area (Å²) in [5, 5.41) is 3.27. The van der Waals surface area contributed by atoms with Crippen LogP contribution in [0.2, 0.25) is 0 Å². The van der Waals surface area contributed by atoms with E-state index in [-0.39, 0.29) is 0 Å². The molecule has 0 amide bonds. The lowest BCUT2D eigenvalue weighted by Crippen LogP contribution is -2.08. The molecule has 3 heteroatoms. The van der Waals surface area contributed by atoms with Crippen molar-refractivity contribution in [3.63, 3.8) is 0 Å². The normalized spacial score (nSPS) is 26.3. The van der Waals surface area contributed by atoms with Crippen LogP contribution in [0.25, 0.3) is 0 Å². The van der Waals surface area contributed by atoms with Crippen molar-refractivity contribution in [2.24, 2.45) is 5.92 Å². The fourth-order valence-corrected chi connectivity index (χ4v) is 3.52. The highest BCUT2D eigenvalue weighted by molar-refractivity contribution is 5.48. The molecule has 1 aromatic rings. The van der Waals surface area contributed by atoms with E-state index in [1.807, 2.05) is 7.05 Å². The summed E-state index contributed by atoms with van der Waals surface area (Å²) >= 11 is 0. The zero-order chi connectivity index (χ0) is 12.5. The van der Waals surface area contributed by atoms with Crippen LogP contribution in [0.5, 0.6) is 0 Å². The fourth-order valence-electron chi connectivity index (χ4n) is 3.52. The summed E-state index contributed by atoms with van der Waals surface area (Å²) in [7, 11) is 1.98. The summed E-state index contributed by atoms with van der Waals surface area (Å²) in [5.41, 5.74) is 2.68. The summed E-state index contributed by atoms with van der Waals surface area (Å²) in [6.07, 6.45) is 8.76. The number of hydrogen-bond acceptors (Lipinski definition) is 3. The predicted octanol–water partition coefficient (Wildman–Crippen LogP) is 3.30. The van der Waals surface area contributed by atoms with E-state index in [1.54, 1.807) is 0 Å². The van der Waals surface area contributed by atoms with E-state index in [0.29, 0.717) is 5.92 Å². The highest BCUT2D eigenvalue weighted by atomic mass is 15.0. The SMILES string of the molecule is CCC1CCC(c2nc3c(c(NC)n2)CCC3)C1. The highest BCUT2D eigenvalue weighted by Crippen LogP contribution is 2.39. The van der Waals surface area contributed by atoms with Gasteiger partial charge in [-0.2, -0.15) is 0 Å². The minimum absolute atomic E-state index is 0.605. The maximum Gasteiger partial charge on any atom is 0.134 e. The van der Waals surface area contributed by atoms with Crippen molar-refractivity contribution in [2.45, 2.75) is 57.8 Å². The number of nitrogens with one attached hydrogen (secondary N) is 1. The first kappa shape index (κ1) is 11.9. The molecule has 98 valence electrons. The van der Waals surface area contributed by atoms with E-state index in [0.717, 1.165) is 30.4 Å². The van der Waals surface area contributed by atoms with Gasteiger partial charge in [0.15, 0.2) is 0 Å². The zero-order valence-corrected chi connectivity index (χ0v) is 11.5. The Kier molecular flexibility index (Phi) is 3.23. The molecular weight excluding hydrogens is 222 g/mol. The van der Waals surface area contributed by atoms with Crippen LogP contribution in [0, 0.1) is 5.92 Å². The van der Waals surface area contributed by atoms with E-state index in [9.17, 15) is 0 Å². The number of rotatable bonds is 3. The predicted molar refractivity (Wildman–Crippen MR) is 74.0 cm³/mol. The number of aryl methyl sites for hydroxylation is 1. The van der Waals surface area contributed by atoms with Crippen molar-refractivity contribution >= 4 is 5.82 Å². The average molecular weight is 245 g/mol. The number of anilines is 1. The van der Waals surface area contributed by atoms with Gasteiger partial charge in [-0.1, -0.05) is 13.3 Å². The van der Waals surface area contributed by atoms with Gasteiger partial charge in [0.25, 0.3) is 0 Å². The van der Waals surface area contributed by atoms with Crippen LogP contribution in [0.15, 0.2) is 0 Å². The van der Waals surface area contributed by atoms with Crippen molar-refractivity contribution in [1.82, 2.24) is 9.97 Å². The van der Waals surface area contributed by atoms with E-state index in [4.69, 9.17) is 9.97 Å². The number of hydrogen-bond donors (Lipinski definition) is 1. The van der Waals surface area contributed by atoms with Gasteiger partial charge in [0, 0.05) is 24.2 Å². The average Bonchev–Trinajstić information content (AvgIpc) is 3.05. The van der Waals surface area contributed by atoms with Crippen molar-refractivity contribution in [2.75, 3.05) is 12.4 Å². The second kappa shape index (κ2) is 4.87. The molecule has 1 N–H and O–H groups in total. The Labute approximate surface area is 109 Å². The van der Waals surface area contributed by atoms with Gasteiger partial charge in [0.2, 0.25) is 0 Å². The third-order valence-electron chi connectivity index (χ3n) is 4.67. The fraction of sp³-hybridized carbons (Fsp3) is 0.733. The first-order valence-corrected chi connectivity index (χ1v) is 7.39. The van der Waals surface area contributed by atoms with Gasteiger partial charge in [-0.05, 0) is 44.4 Å². The highest BCUT2D eigenvalue weighted by Gasteiger charge is 2.28. The Morgan fingerprint density at radius 3 is 2.83 bits per heavy atom. The van der Waals surface area contributed by atoms with E-state index >= 15 is 0 Å². The molecular formula is C15H23N3. The standard InChI is InChI=1S/C15H23N3/c1-3-10-7-8-11(9-10)14-17-13-6-4-5-12(13)15(16-2)18-14/h10-11H,3-9H2,1-2H3,(H,16,17,18). The molecule has 0 spiro atoms. The number of aromatic nitrogens is 2. The van der Waals surface area contributed by atoms with Crippen LogP contribution in [0.4, 0.5) is 5.82 Å². The monoisotopic (exact) mass is 245 g/mol. The van der Waals surface area contributed by atoms with E-state index in [2.05, 4.69) is 12.2 Å². The van der Waals surface area contributed by atoms with Crippen molar-refractivity contribution in [3.8, 4) is 0 Å². The van der Waals surface area contributed by atoms with Gasteiger partial charge in [-0.15, -0.1) is 0 Å². The van der Waals surface area contributed by atoms with Crippen molar-refractivity contribution in [1.29, 1.82) is 0 Å². The molecule has 3 nitrogen and oxygen atoms in total. The maximum atomic E-state index is 4.86. The Bertz CT molecular complexity index is 442. The Balaban J connectivity index is 1.89. The smallest absolute Gasteiger partial charge is 0.134 e. The molecule has 2 unspecified atom stereocenters. The molecule has 2 aliphatic rings.